The molecule has 1 heterocycles. The van der Waals surface area contributed by atoms with Crippen molar-refractivity contribution in [3.8, 4) is 0 Å². The fourth-order valence-electron chi connectivity index (χ4n) is 2.60. The Morgan fingerprint density at radius 1 is 1.24 bits per heavy atom. The second kappa shape index (κ2) is 6.77. The maximum absolute atomic E-state index is 5.40. The molecule has 2 heteroatoms. The highest BCUT2D eigenvalue weighted by atomic mass is 16.5. The van der Waals surface area contributed by atoms with Gasteiger partial charge in [0.1, 0.15) is 0 Å². The van der Waals surface area contributed by atoms with Gasteiger partial charge >= 0.3 is 0 Å². The zero-order chi connectivity index (χ0) is 11.9. The average Bonchev–Trinajstić information content (AvgIpc) is 2.42. The van der Waals surface area contributed by atoms with Crippen LogP contribution < -0.4 is 5.32 Å². The second-order valence-electron chi connectivity index (χ2n) is 4.89. The van der Waals surface area contributed by atoms with E-state index in [0.717, 1.165) is 19.1 Å². The Morgan fingerprint density at radius 2 is 1.94 bits per heavy atom. The van der Waals surface area contributed by atoms with E-state index in [2.05, 4.69) is 42.7 Å². The zero-order valence-corrected chi connectivity index (χ0v) is 10.7. The van der Waals surface area contributed by atoms with Crippen molar-refractivity contribution >= 4 is 0 Å². The lowest BCUT2D eigenvalue weighted by Crippen LogP contribution is -2.20. The molecule has 1 fully saturated rings. The van der Waals surface area contributed by atoms with Gasteiger partial charge in [-0.05, 0) is 44.2 Å². The van der Waals surface area contributed by atoms with Crippen LogP contribution in [-0.4, -0.2) is 20.3 Å². The summed E-state index contributed by atoms with van der Waals surface area (Å²) in [5.41, 5.74) is 1.40. The molecule has 1 saturated heterocycles. The number of nitrogens with one attached hydrogen (secondary N) is 1. The first-order valence-electron chi connectivity index (χ1n) is 6.70. The Bertz CT molecular complexity index is 306. The standard InChI is InChI=1S/C15H23NO/c1-16-15(14-5-3-2-4-6-14)8-7-13-9-11-17-12-10-13/h2-6,13,15-16H,7-12H2,1H3/t15-/m1/s1. The van der Waals surface area contributed by atoms with Gasteiger partial charge in [-0.3, -0.25) is 0 Å². The molecule has 17 heavy (non-hydrogen) atoms. The number of hydrogen-bond acceptors (Lipinski definition) is 2. The fraction of sp³-hybridized carbons (Fsp3) is 0.600. The van der Waals surface area contributed by atoms with Gasteiger partial charge in [0, 0.05) is 19.3 Å². The Balaban J connectivity index is 1.83. The predicted molar refractivity (Wildman–Crippen MR) is 71.0 cm³/mol. The minimum atomic E-state index is 0.499. The van der Waals surface area contributed by atoms with Crippen molar-refractivity contribution in [1.29, 1.82) is 0 Å². The van der Waals surface area contributed by atoms with Crippen molar-refractivity contribution in [1.82, 2.24) is 5.32 Å². The Hall–Kier alpha value is -0.860. The monoisotopic (exact) mass is 233 g/mol. The molecular weight excluding hydrogens is 210 g/mol. The molecule has 2 rings (SSSR count). The average molecular weight is 233 g/mol. The minimum Gasteiger partial charge on any atom is -0.381 e. The largest absolute Gasteiger partial charge is 0.381 e. The van der Waals surface area contributed by atoms with E-state index in [1.807, 2.05) is 0 Å². The van der Waals surface area contributed by atoms with Gasteiger partial charge in [-0.25, -0.2) is 0 Å². The number of hydrogen-bond donors (Lipinski definition) is 1. The van der Waals surface area contributed by atoms with Crippen LogP contribution >= 0.6 is 0 Å². The van der Waals surface area contributed by atoms with E-state index in [9.17, 15) is 0 Å². The molecule has 0 unspecified atom stereocenters. The Kier molecular flexibility index (Phi) is 5.02. The normalized spacial score (nSPS) is 19.1. The highest BCUT2D eigenvalue weighted by Crippen LogP contribution is 2.25. The van der Waals surface area contributed by atoms with Crippen LogP contribution in [0.15, 0.2) is 30.3 Å². The SMILES string of the molecule is CN[C@H](CCC1CCOCC1)c1ccccc1. The summed E-state index contributed by atoms with van der Waals surface area (Å²) in [6.45, 7) is 1.92. The van der Waals surface area contributed by atoms with Crippen molar-refractivity contribution in [2.45, 2.75) is 31.7 Å². The molecule has 1 aromatic rings. The smallest absolute Gasteiger partial charge is 0.0468 e. The van der Waals surface area contributed by atoms with E-state index in [1.54, 1.807) is 0 Å². The highest BCUT2D eigenvalue weighted by Gasteiger charge is 2.16. The quantitative estimate of drug-likeness (QED) is 0.843. The summed E-state index contributed by atoms with van der Waals surface area (Å²) in [6, 6.07) is 11.2. The number of benzene rings is 1. The van der Waals surface area contributed by atoms with Gasteiger partial charge in [0.05, 0.1) is 0 Å². The second-order valence-corrected chi connectivity index (χ2v) is 4.89. The molecule has 0 aromatic heterocycles. The van der Waals surface area contributed by atoms with Crippen LogP contribution in [0.1, 0.15) is 37.3 Å². The summed E-state index contributed by atoms with van der Waals surface area (Å²) in [5, 5.41) is 3.43. The van der Waals surface area contributed by atoms with Crippen LogP contribution in [0, 0.1) is 5.92 Å². The van der Waals surface area contributed by atoms with E-state index in [-0.39, 0.29) is 0 Å². The summed E-state index contributed by atoms with van der Waals surface area (Å²) < 4.78 is 5.40. The summed E-state index contributed by atoms with van der Waals surface area (Å²) in [7, 11) is 2.06. The molecule has 1 aliphatic rings. The molecule has 0 aliphatic carbocycles. The number of ether oxygens (including phenoxy) is 1. The van der Waals surface area contributed by atoms with E-state index in [0.29, 0.717) is 6.04 Å². The van der Waals surface area contributed by atoms with Gasteiger partial charge < -0.3 is 10.1 Å². The summed E-state index contributed by atoms with van der Waals surface area (Å²) in [4.78, 5) is 0. The number of rotatable bonds is 5. The molecule has 1 aromatic carbocycles. The maximum Gasteiger partial charge on any atom is 0.0468 e. The van der Waals surface area contributed by atoms with Crippen LogP contribution in [0.4, 0.5) is 0 Å². The third-order valence-electron chi connectivity index (χ3n) is 3.75. The molecule has 0 radical (unpaired) electrons. The van der Waals surface area contributed by atoms with Crippen molar-refractivity contribution in [3.05, 3.63) is 35.9 Å². The lowest BCUT2D eigenvalue weighted by molar-refractivity contribution is 0.0624. The lowest BCUT2D eigenvalue weighted by Gasteiger charge is -2.24. The van der Waals surface area contributed by atoms with E-state index in [4.69, 9.17) is 4.74 Å². The molecule has 2 nitrogen and oxygen atoms in total. The summed E-state index contributed by atoms with van der Waals surface area (Å²) >= 11 is 0. The Morgan fingerprint density at radius 3 is 2.59 bits per heavy atom. The van der Waals surface area contributed by atoms with E-state index < -0.39 is 0 Å². The summed E-state index contributed by atoms with van der Waals surface area (Å²) in [5.74, 6) is 0.864. The third-order valence-corrected chi connectivity index (χ3v) is 3.75. The van der Waals surface area contributed by atoms with Crippen molar-refractivity contribution in [3.63, 3.8) is 0 Å². The third kappa shape index (κ3) is 3.83. The molecule has 0 amide bonds. The molecule has 94 valence electrons. The van der Waals surface area contributed by atoms with Crippen molar-refractivity contribution in [2.75, 3.05) is 20.3 Å². The Labute approximate surface area is 104 Å². The first kappa shape index (κ1) is 12.6. The van der Waals surface area contributed by atoms with Crippen LogP contribution in [0.5, 0.6) is 0 Å². The van der Waals surface area contributed by atoms with Gasteiger partial charge in [0.15, 0.2) is 0 Å². The molecule has 0 saturated carbocycles. The van der Waals surface area contributed by atoms with E-state index in [1.165, 1.54) is 31.2 Å². The predicted octanol–water partition coefficient (Wildman–Crippen LogP) is 3.15. The first-order valence-corrected chi connectivity index (χ1v) is 6.70. The van der Waals surface area contributed by atoms with Gasteiger partial charge in [0.2, 0.25) is 0 Å². The highest BCUT2D eigenvalue weighted by molar-refractivity contribution is 5.18. The molecule has 0 spiro atoms. The minimum absolute atomic E-state index is 0.499. The topological polar surface area (TPSA) is 21.3 Å². The molecule has 1 atom stereocenters. The molecular formula is C15H23NO. The molecule has 1 aliphatic heterocycles. The van der Waals surface area contributed by atoms with Crippen LogP contribution in [0.25, 0.3) is 0 Å². The van der Waals surface area contributed by atoms with E-state index >= 15 is 0 Å². The van der Waals surface area contributed by atoms with Crippen molar-refractivity contribution in [2.24, 2.45) is 5.92 Å². The van der Waals surface area contributed by atoms with Gasteiger partial charge in [0.25, 0.3) is 0 Å². The maximum atomic E-state index is 5.40. The van der Waals surface area contributed by atoms with Gasteiger partial charge in [-0.2, -0.15) is 0 Å². The van der Waals surface area contributed by atoms with Gasteiger partial charge in [-0.15, -0.1) is 0 Å². The first-order chi connectivity index (χ1) is 8.40. The van der Waals surface area contributed by atoms with Crippen LogP contribution in [-0.2, 0) is 4.74 Å². The lowest BCUT2D eigenvalue weighted by atomic mass is 9.91. The summed E-state index contributed by atoms with van der Waals surface area (Å²) in [6.07, 6.45) is 5.02. The van der Waals surface area contributed by atoms with Crippen LogP contribution in [0.3, 0.4) is 0 Å². The van der Waals surface area contributed by atoms with Crippen LogP contribution in [0.2, 0.25) is 0 Å². The van der Waals surface area contributed by atoms with Crippen molar-refractivity contribution < 1.29 is 4.74 Å². The van der Waals surface area contributed by atoms with Gasteiger partial charge in [-0.1, -0.05) is 30.3 Å². The fourth-order valence-corrected chi connectivity index (χ4v) is 2.60. The zero-order valence-electron chi connectivity index (χ0n) is 10.7. The molecule has 1 N–H and O–H groups in total. The molecule has 0 bridgehead atoms.